The Morgan fingerprint density at radius 2 is 2.00 bits per heavy atom. The molecule has 0 atom stereocenters. The smallest absolute Gasteiger partial charge is 0.169 e. The zero-order valence-corrected chi connectivity index (χ0v) is 8.65. The van der Waals surface area contributed by atoms with Crippen LogP contribution < -0.4 is 0 Å². The number of rotatable bonds is 0. The second-order valence-electron chi connectivity index (χ2n) is 4.65. The minimum atomic E-state index is -0.359. The van der Waals surface area contributed by atoms with Crippen LogP contribution in [0.4, 0.5) is 4.39 Å². The second-order valence-corrected chi connectivity index (χ2v) is 4.65. The maximum absolute atomic E-state index is 13.2. The molecule has 0 saturated carbocycles. The molecule has 0 heterocycles. The van der Waals surface area contributed by atoms with E-state index in [9.17, 15) is 9.18 Å². The van der Waals surface area contributed by atoms with Crippen LogP contribution in [0.1, 0.15) is 35.3 Å². The van der Waals surface area contributed by atoms with Gasteiger partial charge in [0.05, 0.1) is 0 Å². The van der Waals surface area contributed by atoms with Crippen molar-refractivity contribution < 1.29 is 9.18 Å². The van der Waals surface area contributed by atoms with E-state index in [1.165, 1.54) is 6.07 Å². The van der Waals surface area contributed by atoms with Crippen LogP contribution in [0, 0.1) is 18.2 Å². The summed E-state index contributed by atoms with van der Waals surface area (Å²) in [5.41, 5.74) is 1.74. The van der Waals surface area contributed by atoms with Crippen LogP contribution in [0.2, 0.25) is 0 Å². The molecule has 1 nitrogen and oxygen atoms in total. The maximum atomic E-state index is 13.2. The van der Waals surface area contributed by atoms with Gasteiger partial charge in [0, 0.05) is 11.0 Å². The normalized spacial score (nSPS) is 18.4. The number of hydrogen-bond acceptors (Lipinski definition) is 1. The fourth-order valence-corrected chi connectivity index (χ4v) is 2.00. The molecule has 14 heavy (non-hydrogen) atoms. The Balaban J connectivity index is 2.61. The predicted octanol–water partition coefficient (Wildman–Crippen LogP) is 2.90. The molecule has 1 aromatic carbocycles. The summed E-state index contributed by atoms with van der Waals surface area (Å²) in [6, 6.07) is 3.17. The van der Waals surface area contributed by atoms with Gasteiger partial charge in [0.15, 0.2) is 5.78 Å². The van der Waals surface area contributed by atoms with Gasteiger partial charge in [-0.15, -0.1) is 0 Å². The molecule has 2 heteroatoms. The minimum Gasteiger partial charge on any atom is -0.294 e. The Hall–Kier alpha value is -1.18. The lowest BCUT2D eigenvalue weighted by molar-refractivity contribution is 0.0863. The number of fused-ring (bicyclic) bond motifs is 1. The summed E-state index contributed by atoms with van der Waals surface area (Å²) in [5.74, 6) is -0.0788. The van der Waals surface area contributed by atoms with E-state index < -0.39 is 0 Å². The van der Waals surface area contributed by atoms with Gasteiger partial charge in [0.2, 0.25) is 0 Å². The molecule has 0 amide bonds. The Labute approximate surface area is 82.9 Å². The molecule has 2 rings (SSSR count). The van der Waals surface area contributed by atoms with Crippen LogP contribution >= 0.6 is 0 Å². The third-order valence-corrected chi connectivity index (χ3v) is 2.88. The molecule has 0 bridgehead atoms. The fraction of sp³-hybridized carbons (Fsp3) is 0.417. The summed E-state index contributed by atoms with van der Waals surface area (Å²) in [7, 11) is 0. The zero-order chi connectivity index (χ0) is 10.5. The molecule has 0 N–H and O–H groups in total. The standard InChI is InChI=1S/C12H13FO/c1-7-4-9-8(5-10(7)13)6-12(2,3)11(9)14/h4-5H,6H2,1-3H3. The van der Waals surface area contributed by atoms with Gasteiger partial charge in [-0.3, -0.25) is 4.79 Å². The van der Waals surface area contributed by atoms with E-state index in [2.05, 4.69) is 0 Å². The number of ketones is 1. The quantitative estimate of drug-likeness (QED) is 0.617. The Morgan fingerprint density at radius 3 is 2.64 bits per heavy atom. The molecule has 1 aliphatic carbocycles. The molecular weight excluding hydrogens is 179 g/mol. The number of Topliss-reactive ketones (excluding diaryl/α,β-unsaturated/α-hetero) is 1. The van der Waals surface area contributed by atoms with Gasteiger partial charge in [-0.25, -0.2) is 4.39 Å². The lowest BCUT2D eigenvalue weighted by Crippen LogP contribution is -2.18. The third kappa shape index (κ3) is 1.17. The van der Waals surface area contributed by atoms with Gasteiger partial charge in [-0.05, 0) is 36.6 Å². The molecule has 0 radical (unpaired) electrons. The van der Waals surface area contributed by atoms with Crippen molar-refractivity contribution in [2.24, 2.45) is 5.41 Å². The van der Waals surface area contributed by atoms with Gasteiger partial charge in [0.25, 0.3) is 0 Å². The van der Waals surface area contributed by atoms with Crippen LogP contribution in [-0.2, 0) is 6.42 Å². The predicted molar refractivity (Wildman–Crippen MR) is 53.0 cm³/mol. The van der Waals surface area contributed by atoms with E-state index in [4.69, 9.17) is 0 Å². The van der Waals surface area contributed by atoms with Crippen molar-refractivity contribution in [1.29, 1.82) is 0 Å². The first-order valence-electron chi connectivity index (χ1n) is 4.75. The highest BCUT2D eigenvalue weighted by molar-refractivity contribution is 6.04. The van der Waals surface area contributed by atoms with Gasteiger partial charge in [0.1, 0.15) is 5.82 Å². The van der Waals surface area contributed by atoms with Crippen LogP contribution in [0.25, 0.3) is 0 Å². The molecule has 0 aromatic heterocycles. The van der Waals surface area contributed by atoms with Gasteiger partial charge in [-0.1, -0.05) is 13.8 Å². The first kappa shape index (κ1) is 9.38. The van der Waals surface area contributed by atoms with E-state index >= 15 is 0 Å². The monoisotopic (exact) mass is 192 g/mol. The van der Waals surface area contributed by atoms with Crippen molar-refractivity contribution >= 4 is 5.78 Å². The van der Waals surface area contributed by atoms with E-state index in [0.717, 1.165) is 5.56 Å². The number of benzene rings is 1. The second kappa shape index (κ2) is 2.66. The van der Waals surface area contributed by atoms with Crippen molar-refractivity contribution in [1.82, 2.24) is 0 Å². The summed E-state index contributed by atoms with van der Waals surface area (Å²) in [6.07, 6.45) is 0.651. The molecule has 74 valence electrons. The van der Waals surface area contributed by atoms with Crippen LogP contribution in [-0.4, -0.2) is 5.78 Å². The van der Waals surface area contributed by atoms with Gasteiger partial charge in [-0.2, -0.15) is 0 Å². The van der Waals surface area contributed by atoms with Crippen molar-refractivity contribution in [2.75, 3.05) is 0 Å². The summed E-state index contributed by atoms with van der Waals surface area (Å²) in [6.45, 7) is 5.50. The van der Waals surface area contributed by atoms with Gasteiger partial charge < -0.3 is 0 Å². The average molecular weight is 192 g/mol. The number of carbonyl (C=O) groups is 1. The fourth-order valence-electron chi connectivity index (χ4n) is 2.00. The Kier molecular flexibility index (Phi) is 1.78. The third-order valence-electron chi connectivity index (χ3n) is 2.88. The Morgan fingerprint density at radius 1 is 1.36 bits per heavy atom. The highest BCUT2D eigenvalue weighted by atomic mass is 19.1. The first-order chi connectivity index (χ1) is 6.42. The number of hydrogen-bond donors (Lipinski definition) is 0. The van der Waals surface area contributed by atoms with E-state index in [1.807, 2.05) is 13.8 Å². The van der Waals surface area contributed by atoms with Crippen LogP contribution in [0.3, 0.4) is 0 Å². The summed E-state index contributed by atoms with van der Waals surface area (Å²) in [5, 5.41) is 0. The highest BCUT2D eigenvalue weighted by Gasteiger charge is 2.37. The van der Waals surface area contributed by atoms with E-state index in [1.54, 1.807) is 13.0 Å². The zero-order valence-electron chi connectivity index (χ0n) is 8.65. The Bertz CT molecular complexity index is 419. The topological polar surface area (TPSA) is 17.1 Å². The van der Waals surface area contributed by atoms with Crippen molar-refractivity contribution in [2.45, 2.75) is 27.2 Å². The molecule has 1 aliphatic rings. The molecular formula is C12H13FO. The lowest BCUT2D eigenvalue weighted by Gasteiger charge is -2.12. The maximum Gasteiger partial charge on any atom is 0.169 e. The molecule has 1 aromatic rings. The van der Waals surface area contributed by atoms with Crippen molar-refractivity contribution in [3.05, 3.63) is 34.6 Å². The van der Waals surface area contributed by atoms with Crippen molar-refractivity contribution in [3.8, 4) is 0 Å². The SMILES string of the molecule is Cc1cc2c(cc1F)CC(C)(C)C2=O. The largest absolute Gasteiger partial charge is 0.294 e. The summed E-state index contributed by atoms with van der Waals surface area (Å²) >= 11 is 0. The summed E-state index contributed by atoms with van der Waals surface area (Å²) < 4.78 is 13.2. The van der Waals surface area contributed by atoms with Crippen LogP contribution in [0.5, 0.6) is 0 Å². The van der Waals surface area contributed by atoms with Crippen molar-refractivity contribution in [3.63, 3.8) is 0 Å². The molecule has 0 spiro atoms. The minimum absolute atomic E-state index is 0.135. The van der Waals surface area contributed by atoms with E-state index in [-0.39, 0.29) is 17.0 Å². The average Bonchev–Trinajstić information content (AvgIpc) is 2.28. The molecule has 0 saturated heterocycles. The first-order valence-corrected chi connectivity index (χ1v) is 4.75. The summed E-state index contributed by atoms with van der Waals surface area (Å²) in [4.78, 5) is 11.9. The van der Waals surface area contributed by atoms with Crippen LogP contribution in [0.15, 0.2) is 12.1 Å². The molecule has 0 unspecified atom stereocenters. The van der Waals surface area contributed by atoms with E-state index in [0.29, 0.717) is 17.5 Å². The molecule has 0 aliphatic heterocycles. The number of carbonyl (C=O) groups excluding carboxylic acids is 1. The number of aryl methyl sites for hydroxylation is 1. The highest BCUT2D eigenvalue weighted by Crippen LogP contribution is 2.36. The number of halogens is 1. The lowest BCUT2D eigenvalue weighted by atomic mass is 9.89. The van der Waals surface area contributed by atoms with Gasteiger partial charge >= 0.3 is 0 Å². The molecule has 0 fully saturated rings.